The smallest absolute Gasteiger partial charge is 0.335 e. The van der Waals surface area contributed by atoms with Crippen molar-refractivity contribution >= 4 is 17.6 Å². The first-order valence-electron chi connectivity index (χ1n) is 5.41. The molecule has 1 radical (unpaired) electrons. The van der Waals surface area contributed by atoms with Gasteiger partial charge in [-0.25, -0.2) is 4.79 Å². The van der Waals surface area contributed by atoms with E-state index in [0.29, 0.717) is 5.69 Å². The van der Waals surface area contributed by atoms with Crippen LogP contribution in [0.2, 0.25) is 0 Å². The van der Waals surface area contributed by atoms with Crippen LogP contribution in [0.1, 0.15) is 20.7 Å². The number of phenolic OH excluding ortho intramolecular Hbond substituents is 1. The summed E-state index contributed by atoms with van der Waals surface area (Å²) in [6, 6.07) is 12.6. The molecule has 0 aliphatic heterocycles. The molecule has 19 heavy (non-hydrogen) atoms. The number of anilines is 1. The van der Waals surface area contributed by atoms with Crippen molar-refractivity contribution in [2.24, 2.45) is 0 Å². The molecule has 2 rings (SSSR count). The minimum atomic E-state index is -1.03. The fourth-order valence-electron chi connectivity index (χ4n) is 1.50. The Kier molecular flexibility index (Phi) is 3.47. The summed E-state index contributed by atoms with van der Waals surface area (Å²) in [4.78, 5) is 22.5. The van der Waals surface area contributed by atoms with Crippen molar-refractivity contribution in [2.75, 3.05) is 5.32 Å². The lowest BCUT2D eigenvalue weighted by Gasteiger charge is -2.06. The van der Waals surface area contributed by atoms with E-state index in [1.165, 1.54) is 42.5 Å². The number of carbonyl (C=O) groups is 2. The Hall–Kier alpha value is -2.82. The molecular weight excluding hydrogens is 246 g/mol. The largest absolute Gasteiger partial charge is 0.507 e. The third-order valence-corrected chi connectivity index (χ3v) is 2.48. The Balaban J connectivity index is 2.15. The van der Waals surface area contributed by atoms with Crippen molar-refractivity contribution in [1.29, 1.82) is 0 Å². The van der Waals surface area contributed by atoms with E-state index in [4.69, 9.17) is 5.11 Å². The van der Waals surface area contributed by atoms with Gasteiger partial charge < -0.3 is 15.5 Å². The van der Waals surface area contributed by atoms with E-state index in [2.05, 4.69) is 11.4 Å². The molecule has 5 heteroatoms. The molecule has 0 saturated carbocycles. The maximum absolute atomic E-state index is 11.8. The lowest BCUT2D eigenvalue weighted by Crippen LogP contribution is -2.12. The van der Waals surface area contributed by atoms with E-state index in [0.717, 1.165) is 0 Å². The van der Waals surface area contributed by atoms with Gasteiger partial charge in [-0.3, -0.25) is 4.79 Å². The van der Waals surface area contributed by atoms with Crippen LogP contribution in [0.3, 0.4) is 0 Å². The number of carbonyl (C=O) groups excluding carboxylic acids is 1. The van der Waals surface area contributed by atoms with Gasteiger partial charge in [-0.15, -0.1) is 0 Å². The summed E-state index contributed by atoms with van der Waals surface area (Å²) in [7, 11) is 0. The lowest BCUT2D eigenvalue weighted by atomic mass is 10.1. The highest BCUT2D eigenvalue weighted by molar-refractivity contribution is 6.06. The number of benzene rings is 2. The maximum atomic E-state index is 11.8. The molecule has 5 nitrogen and oxygen atoms in total. The van der Waals surface area contributed by atoms with E-state index < -0.39 is 11.9 Å². The zero-order valence-corrected chi connectivity index (χ0v) is 9.75. The average Bonchev–Trinajstić information content (AvgIpc) is 2.39. The molecule has 0 spiro atoms. The summed E-state index contributed by atoms with van der Waals surface area (Å²) in [5, 5.41) is 20.8. The zero-order valence-electron chi connectivity index (χ0n) is 9.75. The second-order valence-corrected chi connectivity index (χ2v) is 3.78. The Bertz CT molecular complexity index is 620. The van der Waals surface area contributed by atoms with Gasteiger partial charge in [-0.05, 0) is 42.5 Å². The van der Waals surface area contributed by atoms with Crippen LogP contribution < -0.4 is 5.32 Å². The van der Waals surface area contributed by atoms with Crippen LogP contribution in [0.4, 0.5) is 5.69 Å². The molecule has 0 heterocycles. The monoisotopic (exact) mass is 256 g/mol. The van der Waals surface area contributed by atoms with Crippen molar-refractivity contribution in [3.63, 3.8) is 0 Å². The summed E-state index contributed by atoms with van der Waals surface area (Å²) >= 11 is 0. The molecule has 0 bridgehead atoms. The van der Waals surface area contributed by atoms with E-state index in [9.17, 15) is 14.7 Å². The topological polar surface area (TPSA) is 86.6 Å². The van der Waals surface area contributed by atoms with Crippen molar-refractivity contribution in [2.45, 2.75) is 0 Å². The molecule has 0 fully saturated rings. The van der Waals surface area contributed by atoms with E-state index >= 15 is 0 Å². The number of aromatic carboxylic acids is 1. The molecule has 3 N–H and O–H groups in total. The number of nitrogens with one attached hydrogen (secondary N) is 1. The highest BCUT2D eigenvalue weighted by Crippen LogP contribution is 2.17. The van der Waals surface area contributed by atoms with Crippen molar-refractivity contribution in [3.05, 3.63) is 59.7 Å². The minimum Gasteiger partial charge on any atom is -0.507 e. The fourth-order valence-corrected chi connectivity index (χ4v) is 1.50. The van der Waals surface area contributed by atoms with Crippen LogP contribution in [0.15, 0.2) is 42.5 Å². The normalized spacial score (nSPS) is 9.89. The second-order valence-electron chi connectivity index (χ2n) is 3.78. The summed E-state index contributed by atoms with van der Waals surface area (Å²) in [5.41, 5.74) is 0.678. The molecule has 2 aromatic carbocycles. The second kappa shape index (κ2) is 5.22. The Morgan fingerprint density at radius 3 is 2.37 bits per heavy atom. The van der Waals surface area contributed by atoms with Gasteiger partial charge in [0.2, 0.25) is 0 Å². The van der Waals surface area contributed by atoms with Crippen LogP contribution in [0.5, 0.6) is 5.75 Å². The summed E-state index contributed by atoms with van der Waals surface area (Å²) in [5.74, 6) is -1.66. The maximum Gasteiger partial charge on any atom is 0.335 e. The first-order chi connectivity index (χ1) is 9.08. The van der Waals surface area contributed by atoms with Crippen LogP contribution >= 0.6 is 0 Å². The molecule has 95 valence electrons. The number of carboxylic acid groups (broad SMARTS) is 1. The quantitative estimate of drug-likeness (QED) is 0.785. The van der Waals surface area contributed by atoms with Crippen molar-refractivity contribution < 1.29 is 19.8 Å². The van der Waals surface area contributed by atoms with Crippen LogP contribution in [-0.2, 0) is 0 Å². The van der Waals surface area contributed by atoms with Gasteiger partial charge in [0.1, 0.15) is 5.75 Å². The van der Waals surface area contributed by atoms with Crippen molar-refractivity contribution in [1.82, 2.24) is 0 Å². The number of phenols is 1. The number of amides is 1. The molecule has 0 atom stereocenters. The molecule has 0 saturated heterocycles. The number of aromatic hydroxyl groups is 1. The first kappa shape index (κ1) is 12.6. The first-order valence-corrected chi connectivity index (χ1v) is 5.41. The van der Waals surface area contributed by atoms with Crippen molar-refractivity contribution in [3.8, 4) is 5.75 Å². The number of hydrogen-bond acceptors (Lipinski definition) is 3. The van der Waals surface area contributed by atoms with Crippen LogP contribution in [0.25, 0.3) is 0 Å². The van der Waals surface area contributed by atoms with Gasteiger partial charge in [0.05, 0.1) is 11.1 Å². The predicted octanol–water partition coefficient (Wildman–Crippen LogP) is 2.14. The van der Waals surface area contributed by atoms with Crippen LogP contribution in [-0.4, -0.2) is 22.1 Å². The highest BCUT2D eigenvalue weighted by Gasteiger charge is 2.10. The SMILES string of the molecule is O=C(O)c1ccc(NC(=O)c2c[c]ccc2O)cc1. The molecule has 0 aromatic heterocycles. The van der Waals surface area contributed by atoms with Gasteiger partial charge in [-0.2, -0.15) is 0 Å². The van der Waals surface area contributed by atoms with E-state index in [-0.39, 0.29) is 16.9 Å². The third kappa shape index (κ3) is 2.90. The molecular formula is C14H10NO4. The van der Waals surface area contributed by atoms with E-state index in [1.54, 1.807) is 0 Å². The molecule has 2 aromatic rings. The fraction of sp³-hybridized carbons (Fsp3) is 0. The third-order valence-electron chi connectivity index (χ3n) is 2.48. The highest BCUT2D eigenvalue weighted by atomic mass is 16.4. The summed E-state index contributed by atoms with van der Waals surface area (Å²) in [6.07, 6.45) is 0. The van der Waals surface area contributed by atoms with Gasteiger partial charge >= 0.3 is 5.97 Å². The lowest BCUT2D eigenvalue weighted by molar-refractivity contribution is 0.0696. The minimum absolute atomic E-state index is 0.102. The summed E-state index contributed by atoms with van der Waals surface area (Å²) < 4.78 is 0. The predicted molar refractivity (Wildman–Crippen MR) is 68.3 cm³/mol. The number of carboxylic acids is 1. The molecule has 1 amide bonds. The van der Waals surface area contributed by atoms with Gasteiger partial charge in [0.25, 0.3) is 5.91 Å². The molecule has 0 aliphatic rings. The van der Waals surface area contributed by atoms with Gasteiger partial charge in [-0.1, -0.05) is 6.07 Å². The Morgan fingerprint density at radius 2 is 1.79 bits per heavy atom. The van der Waals surface area contributed by atoms with Gasteiger partial charge in [0.15, 0.2) is 0 Å². The summed E-state index contributed by atoms with van der Waals surface area (Å²) in [6.45, 7) is 0. The zero-order chi connectivity index (χ0) is 13.8. The average molecular weight is 256 g/mol. The Morgan fingerprint density at radius 1 is 1.11 bits per heavy atom. The van der Waals surface area contributed by atoms with Gasteiger partial charge in [0, 0.05) is 5.69 Å². The van der Waals surface area contributed by atoms with Crippen LogP contribution in [0, 0.1) is 6.07 Å². The molecule has 0 unspecified atom stereocenters. The number of hydrogen-bond donors (Lipinski definition) is 3. The van der Waals surface area contributed by atoms with E-state index in [1.807, 2.05) is 0 Å². The number of rotatable bonds is 3. The standard InChI is InChI=1S/C14H10NO4/c16-12-4-2-1-3-11(12)13(17)15-10-7-5-9(6-8-10)14(18)19/h2-8,16H,(H,15,17)(H,18,19). The molecule has 0 aliphatic carbocycles. The Labute approximate surface area is 109 Å².